The van der Waals surface area contributed by atoms with Crippen LogP contribution < -0.4 is 0 Å². The summed E-state index contributed by atoms with van der Waals surface area (Å²) in [5.74, 6) is 0. The number of nitriles is 1. The Morgan fingerprint density at radius 1 is 1.53 bits per heavy atom. The van der Waals surface area contributed by atoms with Gasteiger partial charge in [0.15, 0.2) is 0 Å². The third-order valence-electron chi connectivity index (χ3n) is 2.32. The lowest BCUT2D eigenvalue weighted by Gasteiger charge is -2.15. The zero-order valence-electron chi connectivity index (χ0n) is 10.6. The molecule has 0 radical (unpaired) electrons. The summed E-state index contributed by atoms with van der Waals surface area (Å²) in [6.07, 6.45) is 0. The van der Waals surface area contributed by atoms with E-state index < -0.39 is 8.07 Å². The maximum atomic E-state index is 8.93. The molecule has 1 aromatic heterocycles. The van der Waals surface area contributed by atoms with Crippen molar-refractivity contribution < 1.29 is 9.84 Å². The number of aliphatic hydroxyl groups is 1. The van der Waals surface area contributed by atoms with Crippen LogP contribution in [0.5, 0.6) is 0 Å². The zero-order valence-corrected chi connectivity index (χ0v) is 11.6. The number of aromatic nitrogens is 2. The van der Waals surface area contributed by atoms with E-state index in [0.717, 1.165) is 6.04 Å². The predicted molar refractivity (Wildman–Crippen MR) is 67.0 cm³/mol. The summed E-state index contributed by atoms with van der Waals surface area (Å²) in [5, 5.41) is 21.9. The highest BCUT2D eigenvalue weighted by Crippen LogP contribution is 2.08. The van der Waals surface area contributed by atoms with Crippen LogP contribution in [0.25, 0.3) is 0 Å². The molecule has 0 aliphatic heterocycles. The maximum absolute atomic E-state index is 8.93. The van der Waals surface area contributed by atoms with Crippen LogP contribution in [0.4, 0.5) is 0 Å². The van der Waals surface area contributed by atoms with Gasteiger partial charge in [-0.2, -0.15) is 10.4 Å². The minimum atomic E-state index is -1.08. The van der Waals surface area contributed by atoms with Gasteiger partial charge in [0.1, 0.15) is 18.5 Å². The Balaban J connectivity index is 2.46. The minimum absolute atomic E-state index is 0.156. The fourth-order valence-corrected chi connectivity index (χ4v) is 2.02. The van der Waals surface area contributed by atoms with E-state index in [1.54, 1.807) is 6.07 Å². The summed E-state index contributed by atoms with van der Waals surface area (Å²) in [6.45, 7) is 7.66. The van der Waals surface area contributed by atoms with Crippen molar-refractivity contribution in [3.8, 4) is 6.07 Å². The molecule has 94 valence electrons. The van der Waals surface area contributed by atoms with Crippen molar-refractivity contribution >= 4 is 8.07 Å². The summed E-state index contributed by atoms with van der Waals surface area (Å²) in [6, 6.07) is 4.68. The van der Waals surface area contributed by atoms with Crippen molar-refractivity contribution in [1.82, 2.24) is 9.78 Å². The van der Waals surface area contributed by atoms with Gasteiger partial charge in [0, 0.05) is 14.7 Å². The van der Waals surface area contributed by atoms with E-state index >= 15 is 0 Å². The Morgan fingerprint density at radius 2 is 2.24 bits per heavy atom. The van der Waals surface area contributed by atoms with Gasteiger partial charge < -0.3 is 9.84 Å². The van der Waals surface area contributed by atoms with E-state index in [2.05, 4.69) is 24.7 Å². The highest BCUT2D eigenvalue weighted by molar-refractivity contribution is 6.76. The fourth-order valence-electron chi connectivity index (χ4n) is 1.27. The van der Waals surface area contributed by atoms with Crippen LogP contribution in [0, 0.1) is 11.3 Å². The second kappa shape index (κ2) is 5.96. The minimum Gasteiger partial charge on any atom is -0.390 e. The summed E-state index contributed by atoms with van der Waals surface area (Å²) >= 11 is 0. The van der Waals surface area contributed by atoms with Gasteiger partial charge in [-0.05, 0) is 12.1 Å². The number of rotatable bonds is 6. The highest BCUT2D eigenvalue weighted by atomic mass is 28.3. The lowest BCUT2D eigenvalue weighted by Crippen LogP contribution is -2.22. The van der Waals surface area contributed by atoms with Crippen LogP contribution in [0.3, 0.4) is 0 Å². The molecule has 5 nitrogen and oxygen atoms in total. The van der Waals surface area contributed by atoms with Crippen molar-refractivity contribution in [2.45, 2.75) is 39.0 Å². The molecule has 0 saturated heterocycles. The zero-order chi connectivity index (χ0) is 12.9. The van der Waals surface area contributed by atoms with Gasteiger partial charge in [-0.25, -0.2) is 4.68 Å². The molecule has 0 aliphatic rings. The van der Waals surface area contributed by atoms with E-state index in [1.165, 1.54) is 4.68 Å². The summed E-state index contributed by atoms with van der Waals surface area (Å²) in [4.78, 5) is 0. The molecule has 0 aromatic carbocycles. The van der Waals surface area contributed by atoms with Crippen molar-refractivity contribution in [3.05, 3.63) is 17.5 Å². The first kappa shape index (κ1) is 13.9. The molecule has 1 rings (SSSR count). The second-order valence-corrected chi connectivity index (χ2v) is 10.8. The largest absolute Gasteiger partial charge is 0.390 e. The lowest BCUT2D eigenvalue weighted by atomic mass is 10.4. The average Bonchev–Trinajstić information content (AvgIpc) is 2.65. The molecule has 1 N–H and O–H groups in total. The molecule has 0 fully saturated rings. The summed E-state index contributed by atoms with van der Waals surface area (Å²) in [7, 11) is -1.08. The van der Waals surface area contributed by atoms with Gasteiger partial charge in [0.05, 0.1) is 12.3 Å². The molecule has 0 unspecified atom stereocenters. The van der Waals surface area contributed by atoms with Crippen LogP contribution >= 0.6 is 0 Å². The molecular formula is C11H19N3O2Si. The molecule has 6 heteroatoms. The third kappa shape index (κ3) is 4.69. The molecule has 0 atom stereocenters. The second-order valence-electron chi connectivity index (χ2n) is 5.14. The molecule has 0 aliphatic carbocycles. The van der Waals surface area contributed by atoms with E-state index in [-0.39, 0.29) is 13.3 Å². The van der Waals surface area contributed by atoms with Crippen LogP contribution in [0.2, 0.25) is 25.7 Å². The number of ether oxygens (including phenoxy) is 1. The topological polar surface area (TPSA) is 71.1 Å². The summed E-state index contributed by atoms with van der Waals surface area (Å²) < 4.78 is 6.98. The van der Waals surface area contributed by atoms with Gasteiger partial charge in [-0.3, -0.25) is 0 Å². The van der Waals surface area contributed by atoms with Crippen molar-refractivity contribution in [1.29, 1.82) is 5.26 Å². The quantitative estimate of drug-likeness (QED) is 0.617. The molecular weight excluding hydrogens is 234 g/mol. The molecule has 1 aromatic rings. The third-order valence-corrected chi connectivity index (χ3v) is 4.02. The molecule has 0 amide bonds. The Hall–Kier alpha value is -1.16. The van der Waals surface area contributed by atoms with E-state index in [4.69, 9.17) is 15.1 Å². The summed E-state index contributed by atoms with van der Waals surface area (Å²) in [5.41, 5.74) is 0.914. The lowest BCUT2D eigenvalue weighted by molar-refractivity contribution is 0.0772. The number of hydrogen-bond acceptors (Lipinski definition) is 4. The molecule has 0 saturated carbocycles. The molecule has 1 heterocycles. The highest BCUT2D eigenvalue weighted by Gasteiger charge is 2.12. The number of aliphatic hydroxyl groups excluding tert-OH is 1. The normalized spacial score (nSPS) is 11.5. The monoisotopic (exact) mass is 253 g/mol. The first-order valence-corrected chi connectivity index (χ1v) is 9.32. The van der Waals surface area contributed by atoms with Crippen molar-refractivity contribution in [2.24, 2.45) is 0 Å². The Kier molecular flexibility index (Phi) is 4.87. The van der Waals surface area contributed by atoms with E-state index in [9.17, 15) is 0 Å². The molecule has 0 bridgehead atoms. The molecule has 17 heavy (non-hydrogen) atoms. The SMILES string of the molecule is C[Si](C)(C)CCOCn1nc(CO)cc1C#N. The fraction of sp³-hybridized carbons (Fsp3) is 0.636. The maximum Gasteiger partial charge on any atom is 0.141 e. The Bertz CT molecular complexity index is 404. The molecule has 0 spiro atoms. The van der Waals surface area contributed by atoms with E-state index in [1.807, 2.05) is 6.07 Å². The Morgan fingerprint density at radius 3 is 2.76 bits per heavy atom. The van der Waals surface area contributed by atoms with Crippen LogP contribution in [-0.4, -0.2) is 29.6 Å². The average molecular weight is 253 g/mol. The van der Waals surface area contributed by atoms with E-state index in [0.29, 0.717) is 18.0 Å². The first-order chi connectivity index (χ1) is 7.96. The van der Waals surface area contributed by atoms with Crippen molar-refractivity contribution in [2.75, 3.05) is 6.61 Å². The van der Waals surface area contributed by atoms with Crippen LogP contribution in [-0.2, 0) is 18.1 Å². The first-order valence-electron chi connectivity index (χ1n) is 5.62. The smallest absolute Gasteiger partial charge is 0.141 e. The number of hydrogen-bond donors (Lipinski definition) is 1. The number of nitrogens with zero attached hydrogens (tertiary/aromatic N) is 3. The van der Waals surface area contributed by atoms with Crippen molar-refractivity contribution in [3.63, 3.8) is 0 Å². The van der Waals surface area contributed by atoms with Gasteiger partial charge in [0.25, 0.3) is 0 Å². The van der Waals surface area contributed by atoms with Crippen LogP contribution in [0.15, 0.2) is 6.07 Å². The Labute approximate surface area is 103 Å². The predicted octanol–water partition coefficient (Wildman–Crippen LogP) is 1.56. The standard InChI is InChI=1S/C11H19N3O2Si/c1-17(2,3)5-4-16-9-14-11(7-12)6-10(8-15)13-14/h6,15H,4-5,8-9H2,1-3H3. The van der Waals surface area contributed by atoms with Gasteiger partial charge in [-0.1, -0.05) is 19.6 Å². The van der Waals surface area contributed by atoms with Gasteiger partial charge in [-0.15, -0.1) is 0 Å². The van der Waals surface area contributed by atoms with Gasteiger partial charge in [0.2, 0.25) is 0 Å². The van der Waals surface area contributed by atoms with Crippen LogP contribution in [0.1, 0.15) is 11.4 Å². The van der Waals surface area contributed by atoms with Gasteiger partial charge >= 0.3 is 0 Å².